The van der Waals surface area contributed by atoms with Crippen LogP contribution in [0.1, 0.15) is 36.6 Å². The number of aromatic nitrogens is 3. The van der Waals surface area contributed by atoms with Crippen LogP contribution in [0.5, 0.6) is 0 Å². The fourth-order valence-corrected chi connectivity index (χ4v) is 2.86. The number of fused-ring (bicyclic) bond motifs is 1. The van der Waals surface area contributed by atoms with Crippen LogP contribution in [0.15, 0.2) is 24.4 Å². The maximum absolute atomic E-state index is 13.8. The number of rotatable bonds is 3. The molecule has 0 bridgehead atoms. The second kappa shape index (κ2) is 4.42. The van der Waals surface area contributed by atoms with Crippen molar-refractivity contribution in [3.8, 4) is 0 Å². The van der Waals surface area contributed by atoms with Gasteiger partial charge in [-0.15, -0.1) is 5.10 Å². The Bertz CT molecular complexity index is 610. The maximum atomic E-state index is 13.8. The van der Waals surface area contributed by atoms with Gasteiger partial charge in [-0.1, -0.05) is 24.3 Å². The Hall–Kier alpha value is -1.75. The highest BCUT2D eigenvalue weighted by atomic mass is 19.1. The number of hydrogen-bond donors (Lipinski definition) is 1. The summed E-state index contributed by atoms with van der Waals surface area (Å²) in [7, 11) is 0. The number of hydrogen-bond acceptors (Lipinski definition) is 3. The van der Waals surface area contributed by atoms with Gasteiger partial charge in [0.25, 0.3) is 0 Å². The summed E-state index contributed by atoms with van der Waals surface area (Å²) in [6.07, 6.45) is 3.49. The molecule has 5 heteroatoms. The minimum absolute atomic E-state index is 0.247. The highest BCUT2D eigenvalue weighted by Crippen LogP contribution is 2.42. The van der Waals surface area contributed by atoms with E-state index in [0.29, 0.717) is 36.2 Å². The van der Waals surface area contributed by atoms with E-state index < -0.39 is 5.60 Å². The molecule has 100 valence electrons. The average molecular weight is 261 g/mol. The van der Waals surface area contributed by atoms with Crippen LogP contribution in [0.25, 0.3) is 0 Å². The Morgan fingerprint density at radius 2 is 2.32 bits per heavy atom. The van der Waals surface area contributed by atoms with Crippen LogP contribution in [0.4, 0.5) is 4.39 Å². The molecule has 4 nitrogen and oxygen atoms in total. The van der Waals surface area contributed by atoms with Gasteiger partial charge in [0.05, 0.1) is 11.9 Å². The normalized spacial score (nSPS) is 21.6. The molecule has 1 aromatic carbocycles. The summed E-state index contributed by atoms with van der Waals surface area (Å²) >= 11 is 0. The molecular weight excluding hydrogens is 245 g/mol. The third-order valence-corrected chi connectivity index (χ3v) is 3.78. The first-order valence-electron chi connectivity index (χ1n) is 6.56. The zero-order valence-electron chi connectivity index (χ0n) is 10.8. The second-order valence-electron chi connectivity index (χ2n) is 4.97. The van der Waals surface area contributed by atoms with E-state index in [4.69, 9.17) is 0 Å². The largest absolute Gasteiger partial charge is 0.379 e. The molecule has 0 radical (unpaired) electrons. The van der Waals surface area contributed by atoms with Gasteiger partial charge in [0.15, 0.2) is 0 Å². The molecule has 1 atom stereocenters. The molecule has 19 heavy (non-hydrogen) atoms. The van der Waals surface area contributed by atoms with Crippen LogP contribution in [-0.2, 0) is 18.6 Å². The molecule has 2 aromatic rings. The van der Waals surface area contributed by atoms with E-state index in [-0.39, 0.29) is 5.82 Å². The van der Waals surface area contributed by atoms with E-state index >= 15 is 0 Å². The van der Waals surface area contributed by atoms with Gasteiger partial charge in [0.1, 0.15) is 11.4 Å². The van der Waals surface area contributed by atoms with Crippen molar-refractivity contribution >= 4 is 0 Å². The molecule has 0 saturated heterocycles. The van der Waals surface area contributed by atoms with Gasteiger partial charge in [-0.3, -0.25) is 0 Å². The van der Waals surface area contributed by atoms with Crippen molar-refractivity contribution in [2.75, 3.05) is 0 Å². The fourth-order valence-electron chi connectivity index (χ4n) is 2.86. The molecule has 1 unspecified atom stereocenters. The first-order valence-corrected chi connectivity index (χ1v) is 6.56. The van der Waals surface area contributed by atoms with Crippen LogP contribution in [0, 0.1) is 5.82 Å². The predicted molar refractivity (Wildman–Crippen MR) is 68.0 cm³/mol. The van der Waals surface area contributed by atoms with Crippen LogP contribution in [0.3, 0.4) is 0 Å². The van der Waals surface area contributed by atoms with E-state index in [1.807, 2.05) is 6.92 Å². The summed E-state index contributed by atoms with van der Waals surface area (Å²) in [6.45, 7) is 2.74. The molecule has 1 aromatic heterocycles. The van der Waals surface area contributed by atoms with Gasteiger partial charge in [0.2, 0.25) is 0 Å². The Morgan fingerprint density at radius 3 is 3.11 bits per heavy atom. The van der Waals surface area contributed by atoms with Crippen LogP contribution < -0.4 is 0 Å². The third-order valence-electron chi connectivity index (χ3n) is 3.78. The number of aryl methyl sites for hydroxylation is 1. The smallest absolute Gasteiger partial charge is 0.133 e. The first-order chi connectivity index (χ1) is 9.16. The maximum Gasteiger partial charge on any atom is 0.133 e. The number of nitrogens with zero attached hydrogens (tertiary/aromatic N) is 3. The molecule has 0 fully saturated rings. The zero-order valence-corrected chi connectivity index (χ0v) is 10.8. The van der Waals surface area contributed by atoms with Gasteiger partial charge in [-0.05, 0) is 36.5 Å². The van der Waals surface area contributed by atoms with Crippen molar-refractivity contribution in [3.63, 3.8) is 0 Å². The lowest BCUT2D eigenvalue weighted by Crippen LogP contribution is -2.28. The summed E-state index contributed by atoms with van der Waals surface area (Å²) in [5.74, 6) is -0.247. The third kappa shape index (κ3) is 1.76. The van der Waals surface area contributed by atoms with E-state index in [2.05, 4.69) is 10.3 Å². The quantitative estimate of drug-likeness (QED) is 0.919. The van der Waals surface area contributed by atoms with Gasteiger partial charge in [0, 0.05) is 6.54 Å². The monoisotopic (exact) mass is 261 g/mol. The summed E-state index contributed by atoms with van der Waals surface area (Å²) in [6, 6.07) is 4.86. The number of benzene rings is 1. The van der Waals surface area contributed by atoms with Crippen molar-refractivity contribution in [2.45, 2.75) is 38.3 Å². The van der Waals surface area contributed by atoms with Gasteiger partial charge in [-0.25, -0.2) is 9.07 Å². The molecule has 3 rings (SSSR count). The predicted octanol–water partition coefficient (Wildman–Crippen LogP) is 2.01. The van der Waals surface area contributed by atoms with E-state index in [1.54, 1.807) is 23.0 Å². The number of aliphatic hydroxyl groups is 1. The highest BCUT2D eigenvalue weighted by Gasteiger charge is 2.42. The minimum atomic E-state index is -1.17. The van der Waals surface area contributed by atoms with E-state index in [1.165, 1.54) is 6.07 Å². The van der Waals surface area contributed by atoms with Gasteiger partial charge >= 0.3 is 0 Å². The molecular formula is C14H16FN3O. The highest BCUT2D eigenvalue weighted by molar-refractivity contribution is 5.43. The van der Waals surface area contributed by atoms with Crippen molar-refractivity contribution in [3.05, 3.63) is 47.0 Å². The lowest BCUT2D eigenvalue weighted by atomic mass is 9.92. The van der Waals surface area contributed by atoms with Crippen molar-refractivity contribution < 1.29 is 9.50 Å². The molecule has 1 heterocycles. The lowest BCUT2D eigenvalue weighted by molar-refractivity contribution is 0.0726. The summed E-state index contributed by atoms with van der Waals surface area (Å²) in [5.41, 5.74) is 0.732. The van der Waals surface area contributed by atoms with Crippen LogP contribution >= 0.6 is 0 Å². The van der Waals surface area contributed by atoms with Crippen molar-refractivity contribution in [1.29, 1.82) is 0 Å². The van der Waals surface area contributed by atoms with E-state index in [9.17, 15) is 9.50 Å². The summed E-state index contributed by atoms with van der Waals surface area (Å²) in [4.78, 5) is 0. The summed E-state index contributed by atoms with van der Waals surface area (Å²) < 4.78 is 15.5. The van der Waals surface area contributed by atoms with Gasteiger partial charge in [-0.2, -0.15) is 0 Å². The zero-order chi connectivity index (χ0) is 13.5. The molecule has 0 spiro atoms. The van der Waals surface area contributed by atoms with E-state index in [0.717, 1.165) is 6.42 Å². The van der Waals surface area contributed by atoms with Crippen LogP contribution in [0.2, 0.25) is 0 Å². The van der Waals surface area contributed by atoms with Crippen molar-refractivity contribution in [2.24, 2.45) is 0 Å². The molecule has 1 N–H and O–H groups in total. The van der Waals surface area contributed by atoms with Gasteiger partial charge < -0.3 is 5.11 Å². The minimum Gasteiger partial charge on any atom is -0.379 e. The SMILES string of the molecule is CCCn1nncc1C1(O)CCc2c(F)cccc21. The standard InChI is InChI=1S/C14H16FN3O/c1-2-8-18-13(9-16-17-18)14(19)7-6-10-11(14)4-3-5-12(10)15/h3-5,9,19H,2,6-8H2,1H3. The Morgan fingerprint density at radius 1 is 1.47 bits per heavy atom. The second-order valence-corrected chi connectivity index (χ2v) is 4.97. The van der Waals surface area contributed by atoms with Crippen molar-refractivity contribution in [1.82, 2.24) is 15.0 Å². The molecule has 0 amide bonds. The number of halogens is 1. The Labute approximate surface area is 110 Å². The molecule has 1 aliphatic carbocycles. The summed E-state index contributed by atoms with van der Waals surface area (Å²) in [5, 5.41) is 18.9. The van der Waals surface area contributed by atoms with Crippen LogP contribution in [-0.4, -0.2) is 20.1 Å². The molecule has 0 saturated carbocycles. The fraction of sp³-hybridized carbons (Fsp3) is 0.429. The molecule has 1 aliphatic rings. The molecule has 0 aliphatic heterocycles. The first kappa shape index (κ1) is 12.3. The topological polar surface area (TPSA) is 50.9 Å². The lowest BCUT2D eigenvalue weighted by Gasteiger charge is -2.24. The average Bonchev–Trinajstić information content (AvgIpc) is 2.98. The Balaban J connectivity index is 2.11. The Kier molecular flexibility index (Phi) is 2.86.